The molecule has 1 aromatic rings. The summed E-state index contributed by atoms with van der Waals surface area (Å²) in [6, 6.07) is 6.44. The van der Waals surface area contributed by atoms with Crippen molar-refractivity contribution in [2.24, 2.45) is 0 Å². The largest absolute Gasteiger partial charge is 0.478 e. The molecule has 1 aliphatic heterocycles. The lowest BCUT2D eigenvalue weighted by molar-refractivity contribution is -0.138. The Morgan fingerprint density at radius 2 is 2.38 bits per heavy atom. The Bertz CT molecular complexity index is 499. The highest BCUT2D eigenvalue weighted by atomic mass is 16.5. The standard InChI is InChI=1S/C17H23NO3/c1-3-5-6-14-7-8-16-15(11-14)12-18(13-21-16)9-10-20-17(19)4-2/h4,7-8,11H,2-3,5-6,9-10,12-13H2,1H3. The Hall–Kier alpha value is -1.81. The van der Waals surface area contributed by atoms with Crippen LogP contribution in [-0.4, -0.2) is 30.8 Å². The highest BCUT2D eigenvalue weighted by Gasteiger charge is 2.17. The van der Waals surface area contributed by atoms with Crippen molar-refractivity contribution in [1.29, 1.82) is 0 Å². The maximum Gasteiger partial charge on any atom is 0.330 e. The molecule has 0 aliphatic carbocycles. The number of hydrogen-bond donors (Lipinski definition) is 0. The van der Waals surface area contributed by atoms with Crippen molar-refractivity contribution in [3.63, 3.8) is 0 Å². The summed E-state index contributed by atoms with van der Waals surface area (Å²) in [5.74, 6) is 0.588. The normalized spacial score (nSPS) is 14.1. The first kappa shape index (κ1) is 15.6. The van der Waals surface area contributed by atoms with Gasteiger partial charge in [0.25, 0.3) is 0 Å². The average Bonchev–Trinajstić information content (AvgIpc) is 2.52. The molecule has 0 fully saturated rings. The first-order chi connectivity index (χ1) is 10.2. The number of unbranched alkanes of at least 4 members (excludes halogenated alkanes) is 1. The van der Waals surface area contributed by atoms with Gasteiger partial charge in [-0.15, -0.1) is 0 Å². The number of hydrogen-bond acceptors (Lipinski definition) is 4. The Kier molecular flexibility index (Phi) is 5.81. The van der Waals surface area contributed by atoms with Crippen molar-refractivity contribution in [3.05, 3.63) is 42.0 Å². The maximum absolute atomic E-state index is 11.0. The summed E-state index contributed by atoms with van der Waals surface area (Å²) in [4.78, 5) is 13.1. The van der Waals surface area contributed by atoms with Crippen LogP contribution in [0.2, 0.25) is 0 Å². The second-order valence-corrected chi connectivity index (χ2v) is 5.24. The van der Waals surface area contributed by atoms with E-state index >= 15 is 0 Å². The van der Waals surface area contributed by atoms with Gasteiger partial charge in [-0.2, -0.15) is 0 Å². The van der Waals surface area contributed by atoms with E-state index in [1.54, 1.807) is 0 Å². The number of fused-ring (bicyclic) bond motifs is 1. The number of rotatable bonds is 7. The molecule has 21 heavy (non-hydrogen) atoms. The zero-order valence-electron chi connectivity index (χ0n) is 12.6. The predicted octanol–water partition coefficient (Wildman–Crippen LogP) is 2.91. The molecule has 4 nitrogen and oxygen atoms in total. The van der Waals surface area contributed by atoms with Gasteiger partial charge in [-0.1, -0.05) is 32.1 Å². The minimum absolute atomic E-state index is 0.360. The van der Waals surface area contributed by atoms with Gasteiger partial charge in [-0.3, -0.25) is 4.90 Å². The van der Waals surface area contributed by atoms with E-state index in [4.69, 9.17) is 9.47 Å². The molecule has 0 N–H and O–H groups in total. The summed E-state index contributed by atoms with van der Waals surface area (Å²) in [5.41, 5.74) is 2.57. The average molecular weight is 289 g/mol. The molecule has 0 unspecified atom stereocenters. The van der Waals surface area contributed by atoms with Gasteiger partial charge in [0.1, 0.15) is 19.1 Å². The molecular weight excluding hydrogens is 266 g/mol. The number of carbonyl (C=O) groups is 1. The summed E-state index contributed by atoms with van der Waals surface area (Å²) < 4.78 is 10.7. The van der Waals surface area contributed by atoms with Crippen LogP contribution in [0.25, 0.3) is 0 Å². The Balaban J connectivity index is 1.89. The minimum Gasteiger partial charge on any atom is -0.478 e. The second kappa shape index (κ2) is 7.84. The molecule has 0 saturated carbocycles. The molecule has 0 saturated heterocycles. The Morgan fingerprint density at radius 3 is 3.14 bits per heavy atom. The highest BCUT2D eigenvalue weighted by Crippen LogP contribution is 2.26. The number of ether oxygens (including phenoxy) is 2. The lowest BCUT2D eigenvalue weighted by Gasteiger charge is -2.29. The molecule has 0 bridgehead atoms. The minimum atomic E-state index is -0.379. The summed E-state index contributed by atoms with van der Waals surface area (Å²) in [7, 11) is 0. The van der Waals surface area contributed by atoms with E-state index in [2.05, 4.69) is 36.6 Å². The van der Waals surface area contributed by atoms with Gasteiger partial charge in [-0.05, 0) is 24.5 Å². The molecule has 0 amide bonds. The van der Waals surface area contributed by atoms with Crippen LogP contribution in [0.15, 0.2) is 30.9 Å². The number of carbonyl (C=O) groups excluding carboxylic acids is 1. The first-order valence-corrected chi connectivity index (χ1v) is 7.49. The van der Waals surface area contributed by atoms with Gasteiger partial charge in [0.2, 0.25) is 0 Å². The molecule has 114 valence electrons. The molecule has 0 aromatic heterocycles. The fourth-order valence-corrected chi connectivity index (χ4v) is 2.36. The van der Waals surface area contributed by atoms with Crippen molar-refractivity contribution in [1.82, 2.24) is 4.90 Å². The van der Waals surface area contributed by atoms with Crippen LogP contribution in [-0.2, 0) is 22.5 Å². The third-order valence-corrected chi connectivity index (χ3v) is 3.56. The molecule has 2 rings (SSSR count). The lowest BCUT2D eigenvalue weighted by atomic mass is 10.0. The van der Waals surface area contributed by atoms with Crippen LogP contribution in [0.1, 0.15) is 30.9 Å². The molecule has 0 atom stereocenters. The first-order valence-electron chi connectivity index (χ1n) is 7.49. The SMILES string of the molecule is C=CC(=O)OCCN1COc2ccc(CCCC)cc2C1. The number of esters is 1. The van der Waals surface area contributed by atoms with E-state index in [0.29, 0.717) is 19.9 Å². The van der Waals surface area contributed by atoms with E-state index in [1.165, 1.54) is 30.0 Å². The van der Waals surface area contributed by atoms with Gasteiger partial charge < -0.3 is 9.47 Å². The summed E-state index contributed by atoms with van der Waals surface area (Å²) >= 11 is 0. The highest BCUT2D eigenvalue weighted by molar-refractivity contribution is 5.81. The lowest BCUT2D eigenvalue weighted by Crippen LogP contribution is -2.34. The topological polar surface area (TPSA) is 38.8 Å². The van der Waals surface area contributed by atoms with Crippen LogP contribution in [0, 0.1) is 0 Å². The van der Waals surface area contributed by atoms with E-state index in [9.17, 15) is 4.79 Å². The smallest absolute Gasteiger partial charge is 0.330 e. The maximum atomic E-state index is 11.0. The third-order valence-electron chi connectivity index (χ3n) is 3.56. The summed E-state index contributed by atoms with van der Waals surface area (Å²) in [6.07, 6.45) is 4.71. The molecule has 1 aromatic carbocycles. The summed E-state index contributed by atoms with van der Waals surface area (Å²) in [5, 5.41) is 0. The number of benzene rings is 1. The van der Waals surface area contributed by atoms with Crippen LogP contribution < -0.4 is 4.74 Å². The van der Waals surface area contributed by atoms with Gasteiger partial charge in [0.05, 0.1) is 0 Å². The molecule has 0 spiro atoms. The van der Waals surface area contributed by atoms with Crippen LogP contribution in [0.3, 0.4) is 0 Å². The van der Waals surface area contributed by atoms with Gasteiger partial charge >= 0.3 is 5.97 Å². The van der Waals surface area contributed by atoms with E-state index in [1.807, 2.05) is 0 Å². The Morgan fingerprint density at radius 1 is 1.52 bits per heavy atom. The van der Waals surface area contributed by atoms with Crippen molar-refractivity contribution < 1.29 is 14.3 Å². The monoisotopic (exact) mass is 289 g/mol. The van der Waals surface area contributed by atoms with E-state index in [0.717, 1.165) is 18.7 Å². The second-order valence-electron chi connectivity index (χ2n) is 5.24. The number of aryl methyl sites for hydroxylation is 1. The van der Waals surface area contributed by atoms with E-state index < -0.39 is 0 Å². The molecule has 1 aliphatic rings. The molecule has 4 heteroatoms. The predicted molar refractivity (Wildman–Crippen MR) is 82.1 cm³/mol. The van der Waals surface area contributed by atoms with Crippen molar-refractivity contribution in [2.45, 2.75) is 32.7 Å². The van der Waals surface area contributed by atoms with Gasteiger partial charge in [0.15, 0.2) is 0 Å². The fraction of sp³-hybridized carbons (Fsp3) is 0.471. The van der Waals surface area contributed by atoms with Crippen LogP contribution in [0.5, 0.6) is 5.75 Å². The third kappa shape index (κ3) is 4.60. The van der Waals surface area contributed by atoms with Crippen LogP contribution >= 0.6 is 0 Å². The van der Waals surface area contributed by atoms with E-state index in [-0.39, 0.29) is 5.97 Å². The van der Waals surface area contributed by atoms with Gasteiger partial charge in [0, 0.05) is 24.7 Å². The van der Waals surface area contributed by atoms with Crippen LogP contribution in [0.4, 0.5) is 0 Å². The molecule has 0 radical (unpaired) electrons. The van der Waals surface area contributed by atoms with Crippen molar-refractivity contribution in [3.8, 4) is 5.75 Å². The quantitative estimate of drug-likeness (QED) is 0.571. The van der Waals surface area contributed by atoms with Crippen molar-refractivity contribution >= 4 is 5.97 Å². The zero-order chi connectivity index (χ0) is 15.1. The zero-order valence-corrected chi connectivity index (χ0v) is 12.6. The van der Waals surface area contributed by atoms with Crippen molar-refractivity contribution in [2.75, 3.05) is 19.9 Å². The molecular formula is C17H23NO3. The number of nitrogens with zero attached hydrogens (tertiary/aromatic N) is 1. The Labute approximate surface area is 126 Å². The summed E-state index contributed by atoms with van der Waals surface area (Å²) in [6.45, 7) is 7.97. The molecule has 1 heterocycles. The van der Waals surface area contributed by atoms with Gasteiger partial charge in [-0.25, -0.2) is 4.79 Å². The fourth-order valence-electron chi connectivity index (χ4n) is 2.36.